The second-order valence-electron chi connectivity index (χ2n) is 14.6. The molecule has 0 bridgehead atoms. The van der Waals surface area contributed by atoms with Gasteiger partial charge >= 0.3 is 6.09 Å². The van der Waals surface area contributed by atoms with Crippen LogP contribution in [0.15, 0.2) is 79.0 Å². The van der Waals surface area contributed by atoms with E-state index >= 15 is 0 Å². The van der Waals surface area contributed by atoms with Gasteiger partial charge in [0.05, 0.1) is 5.92 Å². The van der Waals surface area contributed by atoms with Gasteiger partial charge in [0.15, 0.2) is 0 Å². The third kappa shape index (κ3) is 8.50. The predicted octanol–water partition coefficient (Wildman–Crippen LogP) is 7.21. The SMILES string of the molecule is COCCCn1cc(CN(C(=O)[C@H]2CN(C(=O)OC(C)(C)C)CC[C@@H]2c2cccc(-c3ccc(OCCN)cc3)c2)C2CC2)c2ccccc21. The summed E-state index contributed by atoms with van der Waals surface area (Å²) in [5.74, 6) is 0.432. The van der Waals surface area contributed by atoms with Crippen LogP contribution in [-0.2, 0) is 27.4 Å². The Labute approximate surface area is 296 Å². The molecule has 50 heavy (non-hydrogen) atoms. The summed E-state index contributed by atoms with van der Waals surface area (Å²) in [5.41, 5.74) is 10.6. The van der Waals surface area contributed by atoms with Crippen LogP contribution in [0.3, 0.4) is 0 Å². The minimum atomic E-state index is -0.621. The molecular formula is C41H52N4O5. The van der Waals surface area contributed by atoms with E-state index in [0.717, 1.165) is 53.8 Å². The molecule has 266 valence electrons. The number of hydrogen-bond donors (Lipinski definition) is 1. The van der Waals surface area contributed by atoms with E-state index in [4.69, 9.17) is 19.9 Å². The number of piperidine rings is 1. The Bertz CT molecular complexity index is 1760. The zero-order valence-electron chi connectivity index (χ0n) is 30.0. The third-order valence-corrected chi connectivity index (χ3v) is 9.70. The zero-order chi connectivity index (χ0) is 35.3. The molecule has 1 aromatic heterocycles. The highest BCUT2D eigenvalue weighted by molar-refractivity contribution is 5.86. The molecule has 0 unspecified atom stereocenters. The number of aryl methyl sites for hydroxylation is 1. The third-order valence-electron chi connectivity index (χ3n) is 9.70. The fraction of sp³-hybridized carbons (Fsp3) is 0.463. The van der Waals surface area contributed by atoms with Crippen molar-refractivity contribution in [3.05, 3.63) is 90.1 Å². The quantitative estimate of drug-likeness (QED) is 0.150. The summed E-state index contributed by atoms with van der Waals surface area (Å²) in [7, 11) is 1.73. The van der Waals surface area contributed by atoms with Crippen LogP contribution in [-0.4, -0.2) is 78.0 Å². The predicted molar refractivity (Wildman–Crippen MR) is 197 cm³/mol. The van der Waals surface area contributed by atoms with Crippen LogP contribution in [0.2, 0.25) is 0 Å². The van der Waals surface area contributed by atoms with Gasteiger partial charge in [0.25, 0.3) is 0 Å². The van der Waals surface area contributed by atoms with Crippen molar-refractivity contribution < 1.29 is 23.8 Å². The van der Waals surface area contributed by atoms with Gasteiger partial charge in [-0.1, -0.05) is 54.6 Å². The molecule has 1 saturated carbocycles. The number of likely N-dealkylation sites (tertiary alicyclic amines) is 1. The van der Waals surface area contributed by atoms with Gasteiger partial charge in [0.2, 0.25) is 5.91 Å². The van der Waals surface area contributed by atoms with E-state index in [1.807, 2.05) is 32.9 Å². The van der Waals surface area contributed by atoms with Gasteiger partial charge in [-0.25, -0.2) is 4.79 Å². The number of nitrogens with zero attached hydrogens (tertiary/aromatic N) is 3. The molecule has 9 heteroatoms. The number of aromatic nitrogens is 1. The average Bonchev–Trinajstić information content (AvgIpc) is 3.91. The number of nitrogens with two attached hydrogens (primary N) is 1. The van der Waals surface area contributed by atoms with Crippen molar-refractivity contribution in [1.82, 2.24) is 14.4 Å². The lowest BCUT2D eigenvalue weighted by Gasteiger charge is -2.40. The second kappa shape index (κ2) is 15.7. The number of carbonyl (C=O) groups is 2. The number of hydrogen-bond acceptors (Lipinski definition) is 6. The lowest BCUT2D eigenvalue weighted by molar-refractivity contribution is -0.139. The Hall–Kier alpha value is -4.34. The first-order valence-electron chi connectivity index (χ1n) is 18.0. The molecule has 4 aromatic rings. The number of methoxy groups -OCH3 is 1. The highest BCUT2D eigenvalue weighted by Crippen LogP contribution is 2.40. The molecule has 2 N–H and O–H groups in total. The Morgan fingerprint density at radius 3 is 2.44 bits per heavy atom. The number of rotatable bonds is 13. The number of carbonyl (C=O) groups excluding carboxylic acids is 2. The topological polar surface area (TPSA) is 99.3 Å². The molecule has 2 aliphatic rings. The largest absolute Gasteiger partial charge is 0.492 e. The van der Waals surface area contributed by atoms with Crippen LogP contribution in [0, 0.1) is 5.92 Å². The smallest absolute Gasteiger partial charge is 0.410 e. The maximum Gasteiger partial charge on any atom is 0.410 e. The summed E-state index contributed by atoms with van der Waals surface area (Å²) < 4.78 is 19.1. The van der Waals surface area contributed by atoms with Crippen molar-refractivity contribution in [1.29, 1.82) is 0 Å². The maximum atomic E-state index is 15.0. The first-order chi connectivity index (χ1) is 24.1. The lowest BCUT2D eigenvalue weighted by atomic mass is 9.79. The van der Waals surface area contributed by atoms with Crippen molar-refractivity contribution in [2.75, 3.05) is 40.0 Å². The summed E-state index contributed by atoms with van der Waals surface area (Å²) in [5, 5.41) is 1.17. The van der Waals surface area contributed by atoms with Crippen molar-refractivity contribution in [2.24, 2.45) is 11.7 Å². The van der Waals surface area contributed by atoms with E-state index < -0.39 is 11.5 Å². The fourth-order valence-electron chi connectivity index (χ4n) is 7.15. The van der Waals surface area contributed by atoms with Crippen LogP contribution in [0.25, 0.3) is 22.0 Å². The number of ether oxygens (including phenoxy) is 3. The van der Waals surface area contributed by atoms with Crippen LogP contribution in [0.5, 0.6) is 5.75 Å². The number of benzene rings is 3. The van der Waals surface area contributed by atoms with Crippen LogP contribution in [0.4, 0.5) is 4.79 Å². The molecule has 2 heterocycles. The molecule has 6 rings (SSSR count). The van der Waals surface area contributed by atoms with Gasteiger partial charge in [0.1, 0.15) is 18.0 Å². The monoisotopic (exact) mass is 680 g/mol. The molecule has 3 aromatic carbocycles. The van der Waals surface area contributed by atoms with Gasteiger partial charge in [-0.2, -0.15) is 0 Å². The van der Waals surface area contributed by atoms with Crippen molar-refractivity contribution in [2.45, 2.75) is 77.1 Å². The molecule has 2 fully saturated rings. The summed E-state index contributed by atoms with van der Waals surface area (Å²) in [6, 6.07) is 25.2. The number of para-hydroxylation sites is 1. The number of amides is 2. The van der Waals surface area contributed by atoms with E-state index in [9.17, 15) is 9.59 Å². The van der Waals surface area contributed by atoms with Gasteiger partial charge < -0.3 is 34.3 Å². The van der Waals surface area contributed by atoms with Crippen LogP contribution in [0.1, 0.15) is 63.5 Å². The van der Waals surface area contributed by atoms with Gasteiger partial charge in [-0.05, 0) is 92.8 Å². The first-order valence-corrected chi connectivity index (χ1v) is 18.0. The Morgan fingerprint density at radius 1 is 0.940 bits per heavy atom. The van der Waals surface area contributed by atoms with Gasteiger partial charge in [-0.15, -0.1) is 0 Å². The average molecular weight is 681 g/mol. The standard InChI is InChI=1S/C41H52N4O5/c1-41(2,3)50-40(47)44-22-19-35(31-10-7-9-30(25-31)29-13-17-34(18-14-29)49-24-20-42)37(28-44)39(46)45(33-15-16-33)27-32-26-43(21-8-23-48-4)38-12-6-5-11-36(32)38/h5-7,9-14,17-18,25-26,33,35,37H,8,15-16,19-24,27-28,42H2,1-4H3/t35-,37+/m1/s1. The second-order valence-corrected chi connectivity index (χ2v) is 14.6. The van der Waals surface area contributed by atoms with Crippen molar-refractivity contribution in [3.63, 3.8) is 0 Å². The molecule has 1 aliphatic heterocycles. The highest BCUT2D eigenvalue weighted by Gasteiger charge is 2.43. The molecular weight excluding hydrogens is 628 g/mol. The summed E-state index contributed by atoms with van der Waals surface area (Å²) in [4.78, 5) is 32.2. The van der Waals surface area contributed by atoms with Crippen molar-refractivity contribution in [3.8, 4) is 16.9 Å². The minimum absolute atomic E-state index is 0.0510. The van der Waals surface area contributed by atoms with E-state index in [1.165, 1.54) is 10.9 Å². The summed E-state index contributed by atoms with van der Waals surface area (Å²) in [6.45, 7) is 9.50. The normalized spacial score (nSPS) is 17.9. The molecule has 1 aliphatic carbocycles. The van der Waals surface area contributed by atoms with E-state index in [0.29, 0.717) is 45.8 Å². The van der Waals surface area contributed by atoms with E-state index in [-0.39, 0.29) is 24.0 Å². The first kappa shape index (κ1) is 35.5. The van der Waals surface area contributed by atoms with Crippen LogP contribution < -0.4 is 10.5 Å². The van der Waals surface area contributed by atoms with Crippen LogP contribution >= 0.6 is 0 Å². The maximum absolute atomic E-state index is 15.0. The minimum Gasteiger partial charge on any atom is -0.492 e. The Kier molecular flexibility index (Phi) is 11.1. The summed E-state index contributed by atoms with van der Waals surface area (Å²) in [6.07, 6.45) is 5.41. The Balaban J connectivity index is 1.30. The van der Waals surface area contributed by atoms with E-state index in [1.54, 1.807) is 12.0 Å². The molecule has 0 spiro atoms. The van der Waals surface area contributed by atoms with Gasteiger partial charge in [0, 0.05) is 69.6 Å². The molecule has 1 saturated heterocycles. The number of fused-ring (bicyclic) bond motifs is 1. The fourth-order valence-corrected chi connectivity index (χ4v) is 7.15. The zero-order valence-corrected chi connectivity index (χ0v) is 30.0. The lowest BCUT2D eigenvalue weighted by Crippen LogP contribution is -2.51. The van der Waals surface area contributed by atoms with E-state index in [2.05, 4.69) is 76.3 Å². The van der Waals surface area contributed by atoms with Gasteiger partial charge in [-0.3, -0.25) is 4.79 Å². The Morgan fingerprint density at radius 2 is 1.72 bits per heavy atom. The molecule has 2 amide bonds. The highest BCUT2D eigenvalue weighted by atomic mass is 16.6. The molecule has 0 radical (unpaired) electrons. The molecule has 9 nitrogen and oxygen atoms in total. The van der Waals surface area contributed by atoms with Crippen molar-refractivity contribution >= 4 is 22.9 Å². The summed E-state index contributed by atoms with van der Waals surface area (Å²) >= 11 is 0. The molecule has 2 atom stereocenters.